The van der Waals surface area contributed by atoms with Gasteiger partial charge in [0.05, 0.1) is 5.92 Å². The first-order valence-electron chi connectivity index (χ1n) is 7.55. The van der Waals surface area contributed by atoms with Gasteiger partial charge in [-0.25, -0.2) is 4.79 Å². The van der Waals surface area contributed by atoms with E-state index in [1.807, 2.05) is 25.1 Å². The Morgan fingerprint density at radius 2 is 1.82 bits per heavy atom. The van der Waals surface area contributed by atoms with Crippen LogP contribution in [0.5, 0.6) is 0 Å². The van der Waals surface area contributed by atoms with Crippen LogP contribution in [0, 0.1) is 12.8 Å². The first-order valence-corrected chi connectivity index (χ1v) is 7.55. The molecule has 0 bridgehead atoms. The summed E-state index contributed by atoms with van der Waals surface area (Å²) >= 11 is 0. The van der Waals surface area contributed by atoms with Gasteiger partial charge >= 0.3 is 11.9 Å². The summed E-state index contributed by atoms with van der Waals surface area (Å²) in [5, 5.41) is 19.5. The number of carbonyl (C=O) groups is 2. The molecule has 0 aliphatic heterocycles. The molecule has 1 aromatic heterocycles. The number of aromatic nitrogens is 1. The van der Waals surface area contributed by atoms with Crippen molar-refractivity contribution < 1.29 is 19.8 Å². The minimum absolute atomic E-state index is 0.109. The van der Waals surface area contributed by atoms with Crippen molar-refractivity contribution in [3.63, 3.8) is 0 Å². The van der Waals surface area contributed by atoms with Gasteiger partial charge in [-0.15, -0.1) is 0 Å². The maximum atomic E-state index is 11.6. The van der Waals surface area contributed by atoms with Gasteiger partial charge < -0.3 is 15.2 Å². The largest absolute Gasteiger partial charge is 0.481 e. The zero-order valence-electron chi connectivity index (χ0n) is 12.4. The van der Waals surface area contributed by atoms with E-state index < -0.39 is 11.9 Å². The van der Waals surface area contributed by atoms with Crippen LogP contribution in [0.15, 0.2) is 18.2 Å². The average Bonchev–Trinajstić information content (AvgIpc) is 2.86. The first-order chi connectivity index (χ1) is 10.5. The van der Waals surface area contributed by atoms with Crippen LogP contribution in [-0.4, -0.2) is 27.1 Å². The van der Waals surface area contributed by atoms with Crippen molar-refractivity contribution in [2.45, 2.75) is 38.5 Å². The topological polar surface area (TPSA) is 90.4 Å². The third kappa shape index (κ3) is 2.47. The highest BCUT2D eigenvalue weighted by Gasteiger charge is 2.31. The maximum absolute atomic E-state index is 11.6. The molecule has 2 aromatic rings. The van der Waals surface area contributed by atoms with Crippen LogP contribution in [0.4, 0.5) is 0 Å². The van der Waals surface area contributed by atoms with Crippen LogP contribution in [0.25, 0.3) is 10.9 Å². The van der Waals surface area contributed by atoms with E-state index in [-0.39, 0.29) is 17.5 Å². The predicted molar refractivity (Wildman–Crippen MR) is 82.3 cm³/mol. The molecule has 0 unspecified atom stereocenters. The maximum Gasteiger partial charge on any atom is 0.352 e. The lowest BCUT2D eigenvalue weighted by atomic mass is 9.77. The number of aliphatic carboxylic acids is 1. The summed E-state index contributed by atoms with van der Waals surface area (Å²) in [5.74, 6) is -1.88. The monoisotopic (exact) mass is 301 g/mol. The number of benzene rings is 1. The zero-order chi connectivity index (χ0) is 15.9. The van der Waals surface area contributed by atoms with E-state index in [0.29, 0.717) is 12.8 Å². The quantitative estimate of drug-likeness (QED) is 0.808. The number of hydrogen-bond acceptors (Lipinski definition) is 2. The Labute approximate surface area is 128 Å². The van der Waals surface area contributed by atoms with Crippen LogP contribution >= 0.6 is 0 Å². The SMILES string of the molecule is Cc1ccc2[nH]c(C(=O)O)c(C3CCC(C(=O)O)CC3)c2c1. The number of nitrogens with one attached hydrogen (secondary N) is 1. The molecule has 5 nitrogen and oxygen atoms in total. The van der Waals surface area contributed by atoms with Crippen LogP contribution in [0.3, 0.4) is 0 Å². The molecule has 0 saturated heterocycles. The molecule has 0 amide bonds. The molecular formula is C17H19NO4. The predicted octanol–water partition coefficient (Wildman–Crippen LogP) is 3.53. The van der Waals surface area contributed by atoms with E-state index in [4.69, 9.17) is 5.11 Å². The van der Waals surface area contributed by atoms with Gasteiger partial charge in [-0.2, -0.15) is 0 Å². The fourth-order valence-electron chi connectivity index (χ4n) is 3.55. The summed E-state index contributed by atoms with van der Waals surface area (Å²) in [6.07, 6.45) is 2.66. The second-order valence-corrected chi connectivity index (χ2v) is 6.15. The molecule has 1 heterocycles. The van der Waals surface area contributed by atoms with Crippen LogP contribution < -0.4 is 0 Å². The second-order valence-electron chi connectivity index (χ2n) is 6.15. The number of carboxylic acids is 2. The number of aryl methyl sites for hydroxylation is 1. The number of carboxylic acid groups (broad SMARTS) is 2. The fraction of sp³-hybridized carbons (Fsp3) is 0.412. The van der Waals surface area contributed by atoms with Gasteiger partial charge in [0.1, 0.15) is 5.69 Å². The smallest absolute Gasteiger partial charge is 0.352 e. The molecule has 0 spiro atoms. The Hall–Kier alpha value is -2.30. The summed E-state index contributed by atoms with van der Waals surface area (Å²) in [4.78, 5) is 25.7. The standard InChI is InChI=1S/C17H19NO4/c1-9-2-7-13-12(8-9)14(15(18-13)17(21)22)10-3-5-11(6-4-10)16(19)20/h2,7-8,10-11,18H,3-6H2,1H3,(H,19,20)(H,21,22). The number of aromatic amines is 1. The fourth-order valence-corrected chi connectivity index (χ4v) is 3.55. The van der Waals surface area contributed by atoms with E-state index in [1.165, 1.54) is 0 Å². The Kier molecular flexibility index (Phi) is 3.64. The third-order valence-electron chi connectivity index (χ3n) is 4.69. The normalized spacial score (nSPS) is 21.9. The Morgan fingerprint density at radius 3 is 2.41 bits per heavy atom. The molecule has 1 aliphatic rings. The number of aromatic carboxylic acids is 1. The molecule has 1 aliphatic carbocycles. The molecule has 3 rings (SSSR count). The van der Waals surface area contributed by atoms with Crippen LogP contribution in [0.2, 0.25) is 0 Å². The Balaban J connectivity index is 2.02. The van der Waals surface area contributed by atoms with E-state index in [2.05, 4.69) is 4.98 Å². The second kappa shape index (κ2) is 5.48. The van der Waals surface area contributed by atoms with Crippen LogP contribution in [0.1, 0.15) is 53.2 Å². The van der Waals surface area contributed by atoms with Gasteiger partial charge in [-0.1, -0.05) is 11.6 Å². The summed E-state index contributed by atoms with van der Waals surface area (Å²) in [5.41, 5.74) is 3.01. The number of rotatable bonds is 3. The molecule has 3 N–H and O–H groups in total. The minimum Gasteiger partial charge on any atom is -0.481 e. The van der Waals surface area contributed by atoms with Crippen molar-refractivity contribution in [1.82, 2.24) is 4.98 Å². The summed E-state index contributed by atoms with van der Waals surface area (Å²) in [6, 6.07) is 5.87. The van der Waals surface area contributed by atoms with Crippen molar-refractivity contribution in [3.8, 4) is 0 Å². The van der Waals surface area contributed by atoms with Crippen molar-refractivity contribution >= 4 is 22.8 Å². The van der Waals surface area contributed by atoms with Crippen molar-refractivity contribution in [3.05, 3.63) is 35.0 Å². The Bertz CT molecular complexity index is 738. The molecule has 116 valence electrons. The lowest BCUT2D eigenvalue weighted by Gasteiger charge is -2.26. The summed E-state index contributed by atoms with van der Waals surface area (Å²) < 4.78 is 0. The van der Waals surface area contributed by atoms with Gasteiger partial charge in [0.2, 0.25) is 0 Å². The minimum atomic E-state index is -0.954. The highest BCUT2D eigenvalue weighted by Crippen LogP contribution is 2.40. The molecule has 1 saturated carbocycles. The molecule has 1 aromatic carbocycles. The molecule has 22 heavy (non-hydrogen) atoms. The van der Waals surface area contributed by atoms with Crippen molar-refractivity contribution in [2.75, 3.05) is 0 Å². The van der Waals surface area contributed by atoms with Gasteiger partial charge in [0.15, 0.2) is 0 Å². The summed E-state index contributed by atoms with van der Waals surface area (Å²) in [7, 11) is 0. The highest BCUT2D eigenvalue weighted by molar-refractivity contribution is 5.98. The van der Waals surface area contributed by atoms with Crippen LogP contribution in [-0.2, 0) is 4.79 Å². The molecule has 1 fully saturated rings. The first kappa shape index (κ1) is 14.6. The lowest BCUT2D eigenvalue weighted by molar-refractivity contribution is -0.142. The number of H-pyrrole nitrogens is 1. The molecule has 0 radical (unpaired) electrons. The van der Waals surface area contributed by atoms with Crippen molar-refractivity contribution in [2.24, 2.45) is 5.92 Å². The molecule has 0 atom stereocenters. The lowest BCUT2D eigenvalue weighted by Crippen LogP contribution is -2.21. The summed E-state index contributed by atoms with van der Waals surface area (Å²) in [6.45, 7) is 1.98. The number of hydrogen-bond donors (Lipinski definition) is 3. The molecule has 5 heteroatoms. The van der Waals surface area contributed by atoms with Crippen molar-refractivity contribution in [1.29, 1.82) is 0 Å². The highest BCUT2D eigenvalue weighted by atomic mass is 16.4. The van der Waals surface area contributed by atoms with Gasteiger partial charge in [0, 0.05) is 10.9 Å². The number of fused-ring (bicyclic) bond motifs is 1. The van der Waals surface area contributed by atoms with Gasteiger partial charge in [-0.05, 0) is 56.2 Å². The van der Waals surface area contributed by atoms with E-state index in [9.17, 15) is 14.7 Å². The Morgan fingerprint density at radius 1 is 1.14 bits per heavy atom. The van der Waals surface area contributed by atoms with Gasteiger partial charge in [0.25, 0.3) is 0 Å². The van der Waals surface area contributed by atoms with E-state index >= 15 is 0 Å². The third-order valence-corrected chi connectivity index (χ3v) is 4.69. The average molecular weight is 301 g/mol. The zero-order valence-corrected chi connectivity index (χ0v) is 12.4. The van der Waals surface area contributed by atoms with Gasteiger partial charge in [-0.3, -0.25) is 4.79 Å². The molecular weight excluding hydrogens is 282 g/mol. The van der Waals surface area contributed by atoms with E-state index in [0.717, 1.165) is 34.9 Å². The van der Waals surface area contributed by atoms with E-state index in [1.54, 1.807) is 0 Å².